The zero-order chi connectivity index (χ0) is 63.9. The molecule has 0 amide bonds. The van der Waals surface area contributed by atoms with Gasteiger partial charge in [-0.15, -0.1) is 0 Å². The third-order valence-electron chi connectivity index (χ3n) is 15.8. The number of aromatic nitrogens is 12. The van der Waals surface area contributed by atoms with Gasteiger partial charge in [0.2, 0.25) is 17.8 Å². The third kappa shape index (κ3) is 16.1. The van der Waals surface area contributed by atoms with Gasteiger partial charge in [0.25, 0.3) is 0 Å². The molecule has 468 valence electrons. The Balaban J connectivity index is 0.000000148. The summed E-state index contributed by atoms with van der Waals surface area (Å²) in [7, 11) is 0. The van der Waals surface area contributed by atoms with Crippen LogP contribution in [0, 0.1) is 41.5 Å². The van der Waals surface area contributed by atoms with Crippen LogP contribution in [0.5, 0.6) is 0 Å². The topological polar surface area (TPSA) is 184 Å². The van der Waals surface area contributed by atoms with Gasteiger partial charge in [-0.3, -0.25) is 15.0 Å². The highest BCUT2D eigenvalue weighted by atomic mass is 15.6. The molecular formula is C69H87N21. The Morgan fingerprint density at radius 1 is 0.244 bits per heavy atom. The Hall–Kier alpha value is -9.66. The zero-order valence-electron chi connectivity index (χ0n) is 55.1. The SMILES string of the molecule is Cc1ccc(N2CN(c3ccc(C)cc3)CN(c3ccc(C(C)(C)C)cc3)C2)cc1.Cc1cnc(N2CN(c3cnc(C)cn3)CN(c3cnc(C(C)(C)C)cn3)C2)cn1.Cc1cnc(N2CN(c3ncc(C)cn3)CN(c3ncc(C(C)(C)C)cn3)C2)nc1. The largest absolute Gasteiger partial charge is 0.336 e. The Bertz CT molecular complexity index is 3160. The molecule has 0 atom stereocenters. The lowest BCUT2D eigenvalue weighted by atomic mass is 9.87. The fraction of sp³-hybridized carbons (Fsp3) is 0.391. The predicted octanol–water partition coefficient (Wildman–Crippen LogP) is 11.7. The second-order valence-corrected chi connectivity index (χ2v) is 26.8. The summed E-state index contributed by atoms with van der Waals surface area (Å²) in [6.45, 7) is 37.9. The van der Waals surface area contributed by atoms with Crippen molar-refractivity contribution in [2.24, 2.45) is 0 Å². The van der Waals surface area contributed by atoms with Crippen molar-refractivity contribution in [3.05, 3.63) is 198 Å². The van der Waals surface area contributed by atoms with Crippen LogP contribution in [0.3, 0.4) is 0 Å². The van der Waals surface area contributed by atoms with Gasteiger partial charge in [0.05, 0.1) is 114 Å². The maximum Gasteiger partial charge on any atom is 0.228 e. The van der Waals surface area contributed by atoms with E-state index >= 15 is 0 Å². The minimum Gasteiger partial charge on any atom is -0.336 e. The van der Waals surface area contributed by atoms with Gasteiger partial charge in [0.15, 0.2) is 0 Å². The smallest absolute Gasteiger partial charge is 0.228 e. The van der Waals surface area contributed by atoms with Crippen LogP contribution in [0.4, 0.5) is 52.4 Å². The predicted molar refractivity (Wildman–Crippen MR) is 362 cm³/mol. The van der Waals surface area contributed by atoms with Gasteiger partial charge in [-0.2, -0.15) is 0 Å². The summed E-state index contributed by atoms with van der Waals surface area (Å²) < 4.78 is 0. The number of aryl methyl sites for hydroxylation is 6. The zero-order valence-corrected chi connectivity index (χ0v) is 55.1. The van der Waals surface area contributed by atoms with Crippen LogP contribution in [-0.4, -0.2) is 120 Å². The Morgan fingerprint density at radius 3 is 0.844 bits per heavy atom. The molecule has 3 aliphatic rings. The summed E-state index contributed by atoms with van der Waals surface area (Å²) in [6.07, 6.45) is 21.9. The molecule has 0 saturated carbocycles. The maximum absolute atomic E-state index is 4.69. The van der Waals surface area contributed by atoms with E-state index in [1.165, 1.54) is 33.8 Å². The molecule has 90 heavy (non-hydrogen) atoms. The molecule has 0 radical (unpaired) electrons. The minimum absolute atomic E-state index is 0.00394. The van der Waals surface area contributed by atoms with Gasteiger partial charge < -0.3 is 44.1 Å². The Morgan fingerprint density at radius 2 is 0.544 bits per heavy atom. The summed E-state index contributed by atoms with van der Waals surface area (Å²) in [5.74, 6) is 4.35. The first-order valence-electron chi connectivity index (χ1n) is 30.7. The van der Waals surface area contributed by atoms with Crippen LogP contribution in [0.25, 0.3) is 0 Å². The first-order chi connectivity index (χ1) is 42.9. The van der Waals surface area contributed by atoms with E-state index in [0.717, 1.165) is 71.2 Å². The molecule has 6 aromatic heterocycles. The Kier molecular flexibility index (Phi) is 19.0. The number of hydrogen-bond donors (Lipinski definition) is 0. The number of rotatable bonds is 9. The average molecular weight is 1210 g/mol. The molecule has 0 aliphatic carbocycles. The highest BCUT2D eigenvalue weighted by Crippen LogP contribution is 2.31. The molecule has 21 heteroatoms. The van der Waals surface area contributed by atoms with E-state index in [1.807, 2.05) is 77.3 Å². The van der Waals surface area contributed by atoms with E-state index in [1.54, 1.807) is 24.8 Å². The number of benzene rings is 3. The molecule has 3 saturated heterocycles. The first-order valence-corrected chi connectivity index (χ1v) is 30.7. The van der Waals surface area contributed by atoms with Crippen molar-refractivity contribution in [1.82, 2.24) is 59.8 Å². The van der Waals surface area contributed by atoms with E-state index in [-0.39, 0.29) is 16.2 Å². The second-order valence-electron chi connectivity index (χ2n) is 26.8. The van der Waals surface area contributed by atoms with Crippen LogP contribution in [0.15, 0.2) is 147 Å². The van der Waals surface area contributed by atoms with Crippen molar-refractivity contribution < 1.29 is 0 Å². The van der Waals surface area contributed by atoms with E-state index in [2.05, 4.69) is 248 Å². The van der Waals surface area contributed by atoms with E-state index in [0.29, 0.717) is 57.9 Å². The highest BCUT2D eigenvalue weighted by molar-refractivity contribution is 5.60. The van der Waals surface area contributed by atoms with Crippen molar-refractivity contribution in [3.63, 3.8) is 0 Å². The molecule has 3 aliphatic heterocycles. The molecule has 9 heterocycles. The third-order valence-corrected chi connectivity index (χ3v) is 15.8. The fourth-order valence-corrected chi connectivity index (χ4v) is 10.2. The first kappa shape index (κ1) is 63.4. The van der Waals surface area contributed by atoms with Crippen LogP contribution >= 0.6 is 0 Å². The van der Waals surface area contributed by atoms with Crippen molar-refractivity contribution in [1.29, 1.82) is 0 Å². The number of hydrogen-bond acceptors (Lipinski definition) is 21. The highest BCUT2D eigenvalue weighted by Gasteiger charge is 2.31. The van der Waals surface area contributed by atoms with Crippen LogP contribution < -0.4 is 44.1 Å². The maximum atomic E-state index is 4.69. The molecule has 0 N–H and O–H groups in total. The van der Waals surface area contributed by atoms with E-state index in [9.17, 15) is 0 Å². The van der Waals surface area contributed by atoms with E-state index in [4.69, 9.17) is 4.98 Å². The van der Waals surface area contributed by atoms with Crippen molar-refractivity contribution in [2.45, 2.75) is 120 Å². The summed E-state index contributed by atoms with van der Waals surface area (Å²) in [6, 6.07) is 26.8. The minimum atomic E-state index is -0.0412. The molecule has 21 nitrogen and oxygen atoms in total. The van der Waals surface area contributed by atoms with Crippen molar-refractivity contribution in [3.8, 4) is 0 Å². The van der Waals surface area contributed by atoms with Gasteiger partial charge in [0, 0.05) is 59.7 Å². The van der Waals surface area contributed by atoms with Crippen LogP contribution in [0.2, 0.25) is 0 Å². The van der Waals surface area contributed by atoms with Crippen molar-refractivity contribution in [2.75, 3.05) is 104 Å². The summed E-state index contributed by atoms with van der Waals surface area (Å²) in [4.78, 5) is 74.5. The molecule has 0 spiro atoms. The molecule has 9 aromatic rings. The molecule has 0 unspecified atom stereocenters. The number of nitrogens with zero attached hydrogens (tertiary/aromatic N) is 21. The molecule has 3 fully saturated rings. The molecule has 0 bridgehead atoms. The lowest BCUT2D eigenvalue weighted by molar-refractivity contribution is 0.561. The second kappa shape index (κ2) is 27.0. The number of anilines is 9. The van der Waals surface area contributed by atoms with Crippen LogP contribution in [-0.2, 0) is 16.2 Å². The molecular weight excluding hydrogens is 1120 g/mol. The monoisotopic (exact) mass is 1210 g/mol. The van der Waals surface area contributed by atoms with Gasteiger partial charge in [-0.25, -0.2) is 44.9 Å². The average Bonchev–Trinajstić information content (AvgIpc) is 1.32. The normalized spacial score (nSPS) is 14.9. The van der Waals surface area contributed by atoms with E-state index < -0.39 is 0 Å². The lowest BCUT2D eigenvalue weighted by Crippen LogP contribution is -2.57. The van der Waals surface area contributed by atoms with Crippen LogP contribution in [0.1, 0.15) is 113 Å². The quantitative estimate of drug-likeness (QED) is 0.133. The lowest BCUT2D eigenvalue weighted by Gasteiger charge is -2.45. The van der Waals surface area contributed by atoms with Gasteiger partial charge >= 0.3 is 0 Å². The summed E-state index contributed by atoms with van der Waals surface area (Å²) in [5.41, 5.74) is 13.7. The molecule has 3 aromatic carbocycles. The summed E-state index contributed by atoms with van der Waals surface area (Å²) in [5, 5.41) is 0. The fourth-order valence-electron chi connectivity index (χ4n) is 10.2. The van der Waals surface area contributed by atoms with Crippen molar-refractivity contribution >= 4 is 52.4 Å². The molecule has 12 rings (SSSR count). The standard InChI is InChI=1S/C27H33N3.2C21H27N9/c1-21-6-12-24(13-7-21)28-18-29(25-14-8-22(2)9-15-25)20-30(19-28)26-16-10-23(11-17-26)27(3,4)5;1-15-6-25-18(9-22-15)28-12-29(19-10-23-16(2)7-26-19)14-30(13-28)20-11-24-17(8-27-20)21(3,4)5;1-15-6-22-18(23-7-15)28-12-29(19-24-8-16(2)9-25-19)14-30(13-28)20-26-10-17(11-27-20)21(3,4)5/h6-17H,18-20H2,1-5H3;2*6-11H,12-14H2,1-5H3. The van der Waals surface area contributed by atoms with Gasteiger partial charge in [-0.05, 0) is 111 Å². The van der Waals surface area contributed by atoms with Gasteiger partial charge in [0.1, 0.15) is 17.5 Å². The Labute approximate surface area is 531 Å². The van der Waals surface area contributed by atoms with Gasteiger partial charge in [-0.1, -0.05) is 110 Å². The summed E-state index contributed by atoms with van der Waals surface area (Å²) >= 11 is 0.